The van der Waals surface area contributed by atoms with Crippen LogP contribution in [-0.4, -0.2) is 47.6 Å². The van der Waals surface area contributed by atoms with Gasteiger partial charge in [-0.2, -0.15) is 4.98 Å². The molecule has 0 amide bonds. The van der Waals surface area contributed by atoms with Gasteiger partial charge in [0.15, 0.2) is 11.2 Å². The smallest absolute Gasteiger partial charge is 0.394 e. The zero-order valence-corrected chi connectivity index (χ0v) is 11.0. The molecule has 0 atom stereocenters. The number of H-pyrrole nitrogens is 1. The van der Waals surface area contributed by atoms with E-state index in [2.05, 4.69) is 15.0 Å². The molecule has 0 saturated carbocycles. The van der Waals surface area contributed by atoms with Gasteiger partial charge in [0.1, 0.15) is 6.73 Å². The van der Waals surface area contributed by atoms with Crippen molar-refractivity contribution in [2.45, 2.75) is 6.73 Å². The molecule has 20 heavy (non-hydrogen) atoms. The topological polar surface area (TPSA) is 177 Å². The Bertz CT molecular complexity index is 636. The van der Waals surface area contributed by atoms with E-state index in [-0.39, 0.29) is 37.0 Å². The lowest BCUT2D eigenvalue weighted by atomic mass is 10.5. The lowest BCUT2D eigenvalue weighted by Gasteiger charge is -2.03. The number of hydrogen-bond acceptors (Lipinski definition) is 7. The van der Waals surface area contributed by atoms with Crippen LogP contribution in [-0.2, 0) is 16.0 Å². The highest BCUT2D eigenvalue weighted by Gasteiger charge is 2.08. The highest BCUT2D eigenvalue weighted by atomic mass is 31.1. The first-order valence-corrected chi connectivity index (χ1v) is 6.36. The number of aliphatic hydroxyl groups is 1. The largest absolute Gasteiger partial charge is 0.692 e. The summed E-state index contributed by atoms with van der Waals surface area (Å²) in [5.74, 6) is 0.0291. The minimum absolute atomic E-state index is 0.0291. The molecule has 0 aromatic carbocycles. The van der Waals surface area contributed by atoms with E-state index in [1.165, 1.54) is 10.9 Å². The van der Waals surface area contributed by atoms with Gasteiger partial charge in [-0.1, -0.05) is 0 Å². The van der Waals surface area contributed by atoms with Gasteiger partial charge in [0.2, 0.25) is 5.95 Å². The number of aromatic nitrogens is 4. The number of aliphatic hydroxyl groups excluding tert-OH is 1. The van der Waals surface area contributed by atoms with Crippen LogP contribution in [0, 0.1) is 0 Å². The van der Waals surface area contributed by atoms with Crippen molar-refractivity contribution in [3.8, 4) is 0 Å². The summed E-state index contributed by atoms with van der Waals surface area (Å²) >= 11 is 0. The standard InChI is InChI=1S/C8H11N5O3.HO3P/c9-8-11-6-5(7(15)12-8)10-3-13(6)4-16-2-1-14;1-4(2)3/h3,14H,1-2,4H2,(H3,9,11,12,15);(H-,1,2,3)/p+1. The minimum Gasteiger partial charge on any atom is -0.394 e. The molecule has 0 spiro atoms. The Morgan fingerprint density at radius 2 is 2.15 bits per heavy atom. The molecule has 0 radical (unpaired) electrons. The van der Waals surface area contributed by atoms with Gasteiger partial charge >= 0.3 is 8.25 Å². The lowest BCUT2D eigenvalue weighted by Crippen LogP contribution is -2.13. The third kappa shape index (κ3) is 4.64. The molecule has 6 N–H and O–H groups in total. The fourth-order valence-electron chi connectivity index (χ4n) is 1.29. The maximum Gasteiger partial charge on any atom is 0.692 e. The molecule has 11 nitrogen and oxygen atoms in total. The Morgan fingerprint density at radius 3 is 2.75 bits per heavy atom. The van der Waals surface area contributed by atoms with E-state index >= 15 is 0 Å². The lowest BCUT2D eigenvalue weighted by molar-refractivity contribution is 0.0499. The molecule has 0 aliphatic rings. The van der Waals surface area contributed by atoms with Gasteiger partial charge in [0.25, 0.3) is 5.56 Å². The van der Waals surface area contributed by atoms with Gasteiger partial charge in [0, 0.05) is 4.57 Å². The summed E-state index contributed by atoms with van der Waals surface area (Å²) in [6, 6.07) is 0. The Labute approximate surface area is 112 Å². The van der Waals surface area contributed by atoms with Crippen molar-refractivity contribution in [2.24, 2.45) is 0 Å². The minimum atomic E-state index is -2.87. The first-order valence-electron chi connectivity index (χ1n) is 5.20. The van der Waals surface area contributed by atoms with Crippen LogP contribution in [0.15, 0.2) is 11.1 Å². The third-order valence-corrected chi connectivity index (χ3v) is 1.96. The van der Waals surface area contributed by atoms with Crippen molar-refractivity contribution < 1.29 is 24.2 Å². The summed E-state index contributed by atoms with van der Waals surface area (Å²) in [5.41, 5.74) is 5.60. The fraction of sp³-hybridized carbons (Fsp3) is 0.375. The average Bonchev–Trinajstić information content (AvgIpc) is 2.72. The number of imidazole rings is 1. The Kier molecular flexibility index (Phi) is 6.15. The van der Waals surface area contributed by atoms with Gasteiger partial charge in [-0.05, 0) is 0 Å². The molecule has 0 aliphatic carbocycles. The van der Waals surface area contributed by atoms with Crippen LogP contribution in [0.2, 0.25) is 0 Å². The Hall–Kier alpha value is -1.91. The molecule has 12 heteroatoms. The molecule has 2 aromatic heterocycles. The van der Waals surface area contributed by atoms with Gasteiger partial charge in [0.05, 0.1) is 19.5 Å². The van der Waals surface area contributed by atoms with Crippen LogP contribution in [0.3, 0.4) is 0 Å². The number of fused-ring (bicyclic) bond motifs is 1. The van der Waals surface area contributed by atoms with Crippen LogP contribution < -0.4 is 11.3 Å². The molecule has 0 bridgehead atoms. The highest BCUT2D eigenvalue weighted by Crippen LogP contribution is 2.05. The van der Waals surface area contributed by atoms with Gasteiger partial charge < -0.3 is 15.6 Å². The summed E-state index contributed by atoms with van der Waals surface area (Å²) in [7, 11) is -2.87. The van der Waals surface area contributed by atoms with E-state index in [4.69, 9.17) is 29.9 Å². The van der Waals surface area contributed by atoms with Crippen molar-refractivity contribution in [3.63, 3.8) is 0 Å². The Morgan fingerprint density at radius 1 is 1.50 bits per heavy atom. The third-order valence-electron chi connectivity index (χ3n) is 1.96. The normalized spacial score (nSPS) is 10.2. The quantitative estimate of drug-likeness (QED) is 0.325. The molecule has 0 fully saturated rings. The average molecular weight is 306 g/mol. The van der Waals surface area contributed by atoms with E-state index in [1.54, 1.807) is 0 Å². The second kappa shape index (κ2) is 7.62. The monoisotopic (exact) mass is 306 g/mol. The maximum atomic E-state index is 11.4. The van der Waals surface area contributed by atoms with Crippen LogP contribution in [0.4, 0.5) is 5.95 Å². The molecule has 2 rings (SSSR count). The fourth-order valence-corrected chi connectivity index (χ4v) is 1.29. The summed E-state index contributed by atoms with van der Waals surface area (Å²) in [5, 5.41) is 8.56. The van der Waals surface area contributed by atoms with Crippen molar-refractivity contribution in [1.29, 1.82) is 0 Å². The molecule has 0 aliphatic heterocycles. The molecule has 2 heterocycles. The second-order valence-electron chi connectivity index (χ2n) is 3.35. The molecule has 0 saturated heterocycles. The summed E-state index contributed by atoms with van der Waals surface area (Å²) < 4.78 is 15.3. The molecule has 110 valence electrons. The van der Waals surface area contributed by atoms with Crippen molar-refractivity contribution in [1.82, 2.24) is 19.5 Å². The summed E-state index contributed by atoms with van der Waals surface area (Å²) in [6.45, 7) is 0.300. The number of nitrogens with one attached hydrogen (secondary N) is 1. The van der Waals surface area contributed by atoms with E-state index < -0.39 is 8.25 Å². The SMILES string of the molecule is Nc1nc2c(ncn2COCCO)c(=O)[nH]1.O=[P+](O)O. The molecule has 2 aromatic rings. The first-order chi connectivity index (χ1) is 9.45. The van der Waals surface area contributed by atoms with E-state index in [1.807, 2.05) is 0 Å². The zero-order valence-electron chi connectivity index (χ0n) is 10.1. The summed E-state index contributed by atoms with van der Waals surface area (Å²) in [6.07, 6.45) is 1.43. The number of nitrogens with two attached hydrogens (primary N) is 1. The van der Waals surface area contributed by atoms with Crippen LogP contribution >= 0.6 is 8.25 Å². The number of anilines is 1. The van der Waals surface area contributed by atoms with Gasteiger partial charge in [-0.3, -0.25) is 14.3 Å². The van der Waals surface area contributed by atoms with E-state index in [0.29, 0.717) is 5.65 Å². The van der Waals surface area contributed by atoms with Gasteiger partial charge in [-0.25, -0.2) is 4.98 Å². The molecule has 0 unspecified atom stereocenters. The van der Waals surface area contributed by atoms with E-state index in [9.17, 15) is 4.79 Å². The zero-order chi connectivity index (χ0) is 15.1. The van der Waals surface area contributed by atoms with Crippen molar-refractivity contribution in [3.05, 3.63) is 16.7 Å². The van der Waals surface area contributed by atoms with Crippen molar-refractivity contribution >= 4 is 25.4 Å². The number of ether oxygens (including phenoxy) is 1. The van der Waals surface area contributed by atoms with Crippen LogP contribution in [0.25, 0.3) is 11.2 Å². The number of aromatic amines is 1. The predicted molar refractivity (Wildman–Crippen MR) is 67.6 cm³/mol. The van der Waals surface area contributed by atoms with Crippen LogP contribution in [0.1, 0.15) is 0 Å². The maximum absolute atomic E-state index is 11.4. The number of nitrogens with zero attached hydrogens (tertiary/aromatic N) is 3. The Balaban J connectivity index is 0.000000444. The number of rotatable bonds is 4. The summed E-state index contributed by atoms with van der Waals surface area (Å²) in [4.78, 5) is 35.9. The molecular weight excluding hydrogens is 293 g/mol. The number of nitrogen functional groups attached to an aromatic ring is 1. The highest BCUT2D eigenvalue weighted by molar-refractivity contribution is 7.30. The van der Waals surface area contributed by atoms with E-state index in [0.717, 1.165) is 0 Å². The number of hydrogen-bond donors (Lipinski definition) is 5. The predicted octanol–water partition coefficient (Wildman–Crippen LogP) is -1.70. The van der Waals surface area contributed by atoms with Crippen LogP contribution in [0.5, 0.6) is 0 Å². The second-order valence-corrected chi connectivity index (χ2v) is 3.86. The molecular formula is C8H13N5O6P+. The first kappa shape index (κ1) is 16.1. The van der Waals surface area contributed by atoms with Crippen molar-refractivity contribution in [2.75, 3.05) is 18.9 Å². The van der Waals surface area contributed by atoms with Gasteiger partial charge in [-0.15, -0.1) is 9.79 Å².